The predicted molar refractivity (Wildman–Crippen MR) is 162 cm³/mol. The van der Waals surface area contributed by atoms with Gasteiger partial charge in [-0.2, -0.15) is 0 Å². The zero-order valence-corrected chi connectivity index (χ0v) is 24.6. The van der Waals surface area contributed by atoms with Crippen LogP contribution in [-0.4, -0.2) is 0 Å². The van der Waals surface area contributed by atoms with Crippen LogP contribution in [0.4, 0.5) is 0 Å². The summed E-state index contributed by atoms with van der Waals surface area (Å²) in [5.74, 6) is 0. The minimum atomic E-state index is 0.0684. The van der Waals surface area contributed by atoms with Gasteiger partial charge in [0.05, 0.1) is 0 Å². The van der Waals surface area contributed by atoms with E-state index in [4.69, 9.17) is 0 Å². The third-order valence-electron chi connectivity index (χ3n) is 8.13. The highest BCUT2D eigenvalue weighted by Crippen LogP contribution is 2.49. The van der Waals surface area contributed by atoms with Crippen molar-refractivity contribution in [2.75, 3.05) is 0 Å². The average molecular weight is 477 g/mol. The first-order valence-electron chi connectivity index (χ1n) is 13.6. The van der Waals surface area contributed by atoms with Gasteiger partial charge in [0.15, 0.2) is 0 Å². The summed E-state index contributed by atoms with van der Waals surface area (Å²) in [5.41, 5.74) is 6.07. The molecular weight excluding hydrogens is 432 g/mol. The Balaban J connectivity index is 2.14. The zero-order chi connectivity index (χ0) is 26.6. The first-order valence-corrected chi connectivity index (χ1v) is 13.6. The molecule has 0 aliphatic heterocycles. The van der Waals surface area contributed by atoms with Crippen molar-refractivity contribution < 1.29 is 0 Å². The molecule has 0 spiro atoms. The maximum absolute atomic E-state index is 2.42. The van der Waals surface area contributed by atoms with E-state index in [0.29, 0.717) is 0 Å². The molecule has 0 heteroatoms. The van der Waals surface area contributed by atoms with Crippen molar-refractivity contribution >= 4 is 43.1 Å². The number of benzene rings is 5. The smallest absolute Gasteiger partial charge is 0.00204 e. The second kappa shape index (κ2) is 7.47. The van der Waals surface area contributed by atoms with Crippen molar-refractivity contribution in [3.8, 4) is 0 Å². The Morgan fingerprint density at radius 3 is 0.639 bits per heavy atom. The van der Waals surface area contributed by atoms with Crippen molar-refractivity contribution in [2.24, 2.45) is 0 Å². The molecule has 0 aliphatic carbocycles. The van der Waals surface area contributed by atoms with E-state index in [2.05, 4.69) is 132 Å². The fraction of sp³-hybridized carbons (Fsp3) is 0.444. The fourth-order valence-electron chi connectivity index (χ4n) is 6.39. The predicted octanol–water partition coefficient (Wildman–Crippen LogP) is 10.9. The molecule has 0 saturated heterocycles. The van der Waals surface area contributed by atoms with Gasteiger partial charge in [-0.3, -0.25) is 0 Å². The van der Waals surface area contributed by atoms with Gasteiger partial charge >= 0.3 is 0 Å². The van der Waals surface area contributed by atoms with Crippen LogP contribution in [0.25, 0.3) is 43.1 Å². The number of rotatable bonds is 0. The zero-order valence-electron chi connectivity index (χ0n) is 24.6. The third kappa shape index (κ3) is 3.63. The SMILES string of the molecule is CC(C)(C)c1ccc2c3ccc(C(C)(C)C)c4c(C(C)(C)C)ccc(c5ccc(C(C)(C)C)c1c25)c43. The van der Waals surface area contributed by atoms with Crippen molar-refractivity contribution in [3.63, 3.8) is 0 Å². The first-order chi connectivity index (χ1) is 16.4. The molecule has 0 saturated carbocycles. The summed E-state index contributed by atoms with van der Waals surface area (Å²) in [6.45, 7) is 28.2. The summed E-state index contributed by atoms with van der Waals surface area (Å²) in [4.78, 5) is 0. The first kappa shape index (κ1) is 25.1. The van der Waals surface area contributed by atoms with E-state index >= 15 is 0 Å². The van der Waals surface area contributed by atoms with Crippen LogP contribution in [0.1, 0.15) is 105 Å². The molecule has 0 heterocycles. The van der Waals surface area contributed by atoms with E-state index in [9.17, 15) is 0 Å². The molecule has 0 atom stereocenters. The minimum Gasteiger partial charge on any atom is -0.0572 e. The van der Waals surface area contributed by atoms with Crippen LogP contribution in [0.5, 0.6) is 0 Å². The molecular formula is C36H44. The molecule has 0 fully saturated rings. The highest BCUT2D eigenvalue weighted by Gasteiger charge is 2.29. The van der Waals surface area contributed by atoms with Crippen LogP contribution in [0, 0.1) is 0 Å². The molecule has 0 aliphatic rings. The maximum atomic E-state index is 2.42. The molecule has 0 aromatic heterocycles. The summed E-state index contributed by atoms with van der Waals surface area (Å²) < 4.78 is 0. The molecule has 5 rings (SSSR count). The van der Waals surface area contributed by atoms with Gasteiger partial charge in [-0.25, -0.2) is 0 Å². The number of hydrogen-bond acceptors (Lipinski definition) is 0. The topological polar surface area (TPSA) is 0 Å². The van der Waals surface area contributed by atoms with Crippen molar-refractivity contribution in [1.82, 2.24) is 0 Å². The van der Waals surface area contributed by atoms with Crippen molar-refractivity contribution in [2.45, 2.75) is 105 Å². The van der Waals surface area contributed by atoms with Gasteiger partial charge in [-0.05, 0) is 87.0 Å². The number of fused-ring (bicyclic) bond motifs is 2. The van der Waals surface area contributed by atoms with Crippen LogP contribution in [-0.2, 0) is 21.7 Å². The Hall–Kier alpha value is -2.60. The molecule has 0 N–H and O–H groups in total. The van der Waals surface area contributed by atoms with E-state index in [1.165, 1.54) is 65.3 Å². The summed E-state index contributed by atoms with van der Waals surface area (Å²) in [6.07, 6.45) is 0. The second-order valence-electron chi connectivity index (χ2n) is 15.1. The van der Waals surface area contributed by atoms with E-state index in [1.54, 1.807) is 0 Å². The molecule has 188 valence electrons. The van der Waals surface area contributed by atoms with E-state index < -0.39 is 0 Å². The van der Waals surface area contributed by atoms with E-state index in [0.717, 1.165) is 0 Å². The monoisotopic (exact) mass is 476 g/mol. The average Bonchev–Trinajstić information content (AvgIpc) is 2.73. The molecule has 5 aromatic carbocycles. The second-order valence-corrected chi connectivity index (χ2v) is 15.1. The molecule has 0 nitrogen and oxygen atoms in total. The van der Waals surface area contributed by atoms with Crippen molar-refractivity contribution in [3.05, 3.63) is 70.8 Å². The standard InChI is InChI=1S/C36H44/c1-33(2,3)25-17-13-21-23-15-19-27(35(7,8)9)32-28(36(10,11)12)20-16-24(30(23)32)22-14-18-26(34(4,5)6)31(25)29(21)22/h13-20H,1-12H3. The molecule has 0 amide bonds. The van der Waals surface area contributed by atoms with Crippen LogP contribution in [0.15, 0.2) is 48.5 Å². The summed E-state index contributed by atoms with van der Waals surface area (Å²) in [5, 5.41) is 11.4. The van der Waals surface area contributed by atoms with E-state index in [-0.39, 0.29) is 21.7 Å². The van der Waals surface area contributed by atoms with Gasteiger partial charge in [0, 0.05) is 0 Å². The molecule has 0 unspecified atom stereocenters. The maximum Gasteiger partial charge on any atom is -0.00204 e. The van der Waals surface area contributed by atoms with Gasteiger partial charge in [0.25, 0.3) is 0 Å². The Bertz CT molecular complexity index is 1390. The third-order valence-corrected chi connectivity index (χ3v) is 8.13. The van der Waals surface area contributed by atoms with Gasteiger partial charge in [-0.15, -0.1) is 0 Å². The Kier molecular flexibility index (Phi) is 5.20. The van der Waals surface area contributed by atoms with Crippen molar-refractivity contribution in [1.29, 1.82) is 0 Å². The fourth-order valence-corrected chi connectivity index (χ4v) is 6.39. The van der Waals surface area contributed by atoms with Crippen LogP contribution in [0.3, 0.4) is 0 Å². The lowest BCUT2D eigenvalue weighted by molar-refractivity contribution is 0.580. The van der Waals surface area contributed by atoms with E-state index in [1.807, 2.05) is 0 Å². The summed E-state index contributed by atoms with van der Waals surface area (Å²) in [6, 6.07) is 19.3. The Labute approximate surface area is 218 Å². The van der Waals surface area contributed by atoms with Crippen LogP contribution in [0.2, 0.25) is 0 Å². The highest BCUT2D eigenvalue weighted by atomic mass is 14.3. The number of hydrogen-bond donors (Lipinski definition) is 0. The summed E-state index contributed by atoms with van der Waals surface area (Å²) in [7, 11) is 0. The molecule has 0 bridgehead atoms. The largest absolute Gasteiger partial charge is 0.0572 e. The Morgan fingerprint density at radius 2 is 0.472 bits per heavy atom. The van der Waals surface area contributed by atoms with Gasteiger partial charge in [0.2, 0.25) is 0 Å². The van der Waals surface area contributed by atoms with Gasteiger partial charge in [-0.1, -0.05) is 132 Å². The van der Waals surface area contributed by atoms with Crippen LogP contribution >= 0.6 is 0 Å². The van der Waals surface area contributed by atoms with Gasteiger partial charge < -0.3 is 0 Å². The van der Waals surface area contributed by atoms with Crippen LogP contribution < -0.4 is 0 Å². The molecule has 0 radical (unpaired) electrons. The highest BCUT2D eigenvalue weighted by molar-refractivity contribution is 6.34. The molecule has 5 aromatic rings. The lowest BCUT2D eigenvalue weighted by Gasteiger charge is -2.31. The lowest BCUT2D eigenvalue weighted by atomic mass is 9.72. The lowest BCUT2D eigenvalue weighted by Crippen LogP contribution is -2.18. The summed E-state index contributed by atoms with van der Waals surface area (Å²) >= 11 is 0. The molecule has 36 heavy (non-hydrogen) atoms. The quantitative estimate of drug-likeness (QED) is 0.154. The van der Waals surface area contributed by atoms with Gasteiger partial charge in [0.1, 0.15) is 0 Å². The normalized spacial score (nSPS) is 14.1. The minimum absolute atomic E-state index is 0.0684. The Morgan fingerprint density at radius 1 is 0.278 bits per heavy atom.